The molecule has 1 aliphatic heterocycles. The number of Topliss-reactive ketones (excluding diaryl/α,β-unsaturated/α-hetero) is 2. The molecule has 2 N–H and O–H groups in total. The molecule has 0 spiro atoms. The van der Waals surface area contributed by atoms with Crippen molar-refractivity contribution in [1.82, 2.24) is 14.9 Å². The van der Waals surface area contributed by atoms with E-state index >= 15 is 0 Å². The molecule has 1 saturated carbocycles. The molecule has 0 aromatic carbocycles. The minimum atomic E-state index is -0.392. The van der Waals surface area contributed by atoms with E-state index in [2.05, 4.69) is 21.9 Å². The fraction of sp³-hybridized carbons (Fsp3) is 0.636. The zero-order chi connectivity index (χ0) is 21.7. The van der Waals surface area contributed by atoms with Crippen molar-refractivity contribution in [2.45, 2.75) is 64.3 Å². The third-order valence-electron chi connectivity index (χ3n) is 6.02. The Labute approximate surface area is 183 Å². The molecule has 2 aliphatic rings. The Kier molecular flexibility index (Phi) is 7.83. The molecule has 1 aliphatic carbocycles. The number of rotatable bonds is 8. The van der Waals surface area contributed by atoms with Crippen LogP contribution in [0.3, 0.4) is 0 Å². The van der Waals surface area contributed by atoms with Crippen LogP contribution >= 0.6 is 11.6 Å². The van der Waals surface area contributed by atoms with E-state index in [0.29, 0.717) is 43.2 Å². The molecule has 1 aromatic rings. The summed E-state index contributed by atoms with van der Waals surface area (Å²) in [7, 11) is 2.07. The van der Waals surface area contributed by atoms with Crippen molar-refractivity contribution < 1.29 is 14.3 Å². The maximum atomic E-state index is 13.2. The number of likely N-dealkylation sites (tertiary alicyclic amines) is 1. The van der Waals surface area contributed by atoms with Crippen LogP contribution in [0.1, 0.15) is 68.9 Å². The first kappa shape index (κ1) is 22.7. The predicted molar refractivity (Wildman–Crippen MR) is 116 cm³/mol. The second kappa shape index (κ2) is 10.4. The summed E-state index contributed by atoms with van der Waals surface area (Å²) in [6, 6.07) is 1.84. The lowest BCUT2D eigenvalue weighted by molar-refractivity contribution is -0.123. The number of likely N-dealkylation sites (N-methyl/N-ethyl adjacent to an activating group) is 1. The minimum absolute atomic E-state index is 0.0352. The predicted octanol–water partition coefficient (Wildman–Crippen LogP) is 3.56. The number of aromatic nitrogens is 2. The second-order valence-corrected chi connectivity index (χ2v) is 8.61. The third-order valence-corrected chi connectivity index (χ3v) is 6.22. The van der Waals surface area contributed by atoms with Gasteiger partial charge in [0.15, 0.2) is 0 Å². The van der Waals surface area contributed by atoms with E-state index < -0.39 is 5.92 Å². The zero-order valence-corrected chi connectivity index (χ0v) is 18.6. The van der Waals surface area contributed by atoms with Gasteiger partial charge in [0.05, 0.1) is 5.92 Å². The molecule has 164 valence electrons. The van der Waals surface area contributed by atoms with E-state index in [0.717, 1.165) is 38.6 Å². The molecule has 2 atom stereocenters. The molecule has 0 bridgehead atoms. The van der Waals surface area contributed by atoms with Crippen LogP contribution < -0.4 is 10.5 Å². The number of carbonyl (C=O) groups excluding carboxylic acids is 2. The fourth-order valence-corrected chi connectivity index (χ4v) is 4.41. The molecular weight excluding hydrogens is 404 g/mol. The van der Waals surface area contributed by atoms with Crippen LogP contribution in [0.4, 0.5) is 0 Å². The molecule has 2 heterocycles. The third kappa shape index (κ3) is 5.38. The van der Waals surface area contributed by atoms with Gasteiger partial charge in [-0.1, -0.05) is 31.4 Å². The summed E-state index contributed by atoms with van der Waals surface area (Å²) in [6.45, 7) is 3.50. The largest absolute Gasteiger partial charge is 0.476 e. The Balaban J connectivity index is 1.82. The summed E-state index contributed by atoms with van der Waals surface area (Å²) in [5.74, 6) is -0.416. The average molecular weight is 435 g/mol. The van der Waals surface area contributed by atoms with Gasteiger partial charge in [0.2, 0.25) is 17.5 Å². The van der Waals surface area contributed by atoms with Crippen molar-refractivity contribution in [1.29, 1.82) is 0 Å². The highest BCUT2D eigenvalue weighted by Gasteiger charge is 2.29. The normalized spacial score (nSPS) is 23.4. The van der Waals surface area contributed by atoms with E-state index in [1.807, 2.05) is 6.92 Å². The van der Waals surface area contributed by atoms with Gasteiger partial charge in [-0.2, -0.15) is 4.98 Å². The summed E-state index contributed by atoms with van der Waals surface area (Å²) in [5.41, 5.74) is 7.14. The number of ketones is 2. The summed E-state index contributed by atoms with van der Waals surface area (Å²) < 4.78 is 5.83. The van der Waals surface area contributed by atoms with Crippen molar-refractivity contribution in [3.8, 4) is 5.88 Å². The molecule has 7 nitrogen and oxygen atoms in total. The van der Waals surface area contributed by atoms with Crippen molar-refractivity contribution >= 4 is 23.2 Å². The highest BCUT2D eigenvalue weighted by molar-refractivity contribution is 6.29. The molecule has 1 aromatic heterocycles. The van der Waals surface area contributed by atoms with E-state index in [4.69, 9.17) is 22.1 Å². The molecule has 1 unspecified atom stereocenters. The first-order valence-corrected chi connectivity index (χ1v) is 11.2. The number of ether oxygens (including phenoxy) is 1. The number of hydrogen-bond acceptors (Lipinski definition) is 7. The van der Waals surface area contributed by atoms with Gasteiger partial charge in [0.1, 0.15) is 17.5 Å². The van der Waals surface area contributed by atoms with Crippen molar-refractivity contribution in [3.63, 3.8) is 0 Å². The quantitative estimate of drug-likeness (QED) is 0.379. The topological polar surface area (TPSA) is 98.4 Å². The molecular formula is C22H31ClN4O3. The Hall–Kier alpha value is -1.99. The van der Waals surface area contributed by atoms with Gasteiger partial charge in [-0.3, -0.25) is 9.59 Å². The van der Waals surface area contributed by atoms with Gasteiger partial charge in [-0.25, -0.2) is 4.98 Å². The van der Waals surface area contributed by atoms with Crippen LogP contribution in [0, 0.1) is 5.92 Å². The zero-order valence-electron chi connectivity index (χ0n) is 17.8. The lowest BCUT2D eigenvalue weighted by Crippen LogP contribution is -2.31. The fourth-order valence-electron chi connectivity index (χ4n) is 4.24. The van der Waals surface area contributed by atoms with Crippen LogP contribution in [-0.2, 0) is 4.79 Å². The maximum absolute atomic E-state index is 13.2. The van der Waals surface area contributed by atoms with Gasteiger partial charge in [0, 0.05) is 29.8 Å². The summed E-state index contributed by atoms with van der Waals surface area (Å²) in [6.07, 6.45) is 6.42. The molecule has 8 heteroatoms. The number of halogens is 1. The number of nitrogens with zero attached hydrogens (tertiary/aromatic N) is 3. The van der Waals surface area contributed by atoms with Gasteiger partial charge in [0.25, 0.3) is 0 Å². The first-order valence-electron chi connectivity index (χ1n) is 10.8. The minimum Gasteiger partial charge on any atom is -0.476 e. The van der Waals surface area contributed by atoms with Gasteiger partial charge in [-0.15, -0.1) is 0 Å². The van der Waals surface area contributed by atoms with Gasteiger partial charge < -0.3 is 15.4 Å². The summed E-state index contributed by atoms with van der Waals surface area (Å²) >= 11 is 6.16. The van der Waals surface area contributed by atoms with Crippen molar-refractivity contribution in [3.05, 3.63) is 28.3 Å². The lowest BCUT2D eigenvalue weighted by atomic mass is 9.83. The van der Waals surface area contributed by atoms with Crippen LogP contribution in [0.2, 0.25) is 5.15 Å². The average Bonchev–Trinajstić information content (AvgIpc) is 3.14. The molecule has 0 amide bonds. The highest BCUT2D eigenvalue weighted by Crippen LogP contribution is 2.29. The number of nitrogens with two attached hydrogens (primary N) is 1. The van der Waals surface area contributed by atoms with Gasteiger partial charge >= 0.3 is 0 Å². The lowest BCUT2D eigenvalue weighted by Gasteiger charge is -2.23. The SMILES string of the molecule is CCC/C(C(=O)c1nc(Cl)cc(OCC2CCCN2C)n1)=C(/N)[C@H]1CCCCC1=O. The van der Waals surface area contributed by atoms with E-state index in [1.165, 1.54) is 6.07 Å². The molecule has 2 fully saturated rings. The van der Waals surface area contributed by atoms with Crippen LogP contribution in [0.25, 0.3) is 0 Å². The number of carbonyl (C=O) groups is 2. The molecule has 1 saturated heterocycles. The molecule has 3 rings (SSSR count). The van der Waals surface area contributed by atoms with E-state index in [9.17, 15) is 9.59 Å². The Bertz CT molecular complexity index is 827. The standard InChI is InChI=1S/C22H31ClN4O3/c1-3-7-16(20(24)15-9-4-5-10-17(15)28)21(29)22-25-18(23)12-19(26-22)30-13-14-8-6-11-27(14)2/h12,14-15H,3-11,13,24H2,1-2H3/b20-16-/t14?,15-/m0/s1. The first-order chi connectivity index (χ1) is 14.4. The van der Waals surface area contributed by atoms with Gasteiger partial charge in [-0.05, 0) is 45.7 Å². The van der Waals surface area contributed by atoms with E-state index in [-0.39, 0.29) is 28.4 Å². The highest BCUT2D eigenvalue weighted by atomic mass is 35.5. The monoisotopic (exact) mass is 434 g/mol. The van der Waals surface area contributed by atoms with Crippen LogP contribution in [0.15, 0.2) is 17.3 Å². The second-order valence-electron chi connectivity index (χ2n) is 8.22. The Morgan fingerprint density at radius 1 is 1.30 bits per heavy atom. The summed E-state index contributed by atoms with van der Waals surface area (Å²) in [5, 5.41) is 0.145. The number of hydrogen-bond donors (Lipinski definition) is 1. The Morgan fingerprint density at radius 3 is 2.77 bits per heavy atom. The Morgan fingerprint density at radius 2 is 2.10 bits per heavy atom. The molecule has 30 heavy (non-hydrogen) atoms. The van der Waals surface area contributed by atoms with E-state index in [1.54, 1.807) is 0 Å². The smallest absolute Gasteiger partial charge is 0.228 e. The number of allylic oxidation sites excluding steroid dienone is 2. The van der Waals surface area contributed by atoms with Crippen molar-refractivity contribution in [2.24, 2.45) is 11.7 Å². The maximum Gasteiger partial charge on any atom is 0.228 e. The van der Waals surface area contributed by atoms with Crippen molar-refractivity contribution in [2.75, 3.05) is 20.2 Å². The van der Waals surface area contributed by atoms with Crippen LogP contribution in [0.5, 0.6) is 5.88 Å². The van der Waals surface area contributed by atoms with Crippen LogP contribution in [-0.4, -0.2) is 52.7 Å². The summed E-state index contributed by atoms with van der Waals surface area (Å²) in [4.78, 5) is 36.3. The molecule has 0 radical (unpaired) electrons.